The first-order chi connectivity index (χ1) is 9.49. The SMILES string of the molecule is CC(Cl)c1ccccc1NC(=O)c1ccc(Cl)cc1F. The fraction of sp³-hybridized carbons (Fsp3) is 0.133. The summed E-state index contributed by atoms with van der Waals surface area (Å²) in [5, 5.41) is 2.64. The molecule has 2 rings (SSSR count). The molecule has 0 saturated heterocycles. The smallest absolute Gasteiger partial charge is 0.258 e. The van der Waals surface area contributed by atoms with Crippen molar-refractivity contribution in [3.8, 4) is 0 Å². The number of para-hydroxylation sites is 1. The molecule has 0 heterocycles. The van der Waals surface area contributed by atoms with E-state index in [2.05, 4.69) is 5.32 Å². The second kappa shape index (κ2) is 6.25. The highest BCUT2D eigenvalue weighted by Crippen LogP contribution is 2.27. The van der Waals surface area contributed by atoms with Gasteiger partial charge in [0.1, 0.15) is 5.82 Å². The monoisotopic (exact) mass is 311 g/mol. The van der Waals surface area contributed by atoms with Crippen LogP contribution in [0, 0.1) is 5.82 Å². The van der Waals surface area contributed by atoms with Crippen molar-refractivity contribution in [3.05, 3.63) is 64.4 Å². The number of anilines is 1. The number of nitrogens with one attached hydrogen (secondary N) is 1. The summed E-state index contributed by atoms with van der Waals surface area (Å²) in [5.41, 5.74) is 1.28. The Kier molecular flexibility index (Phi) is 4.63. The van der Waals surface area contributed by atoms with Gasteiger partial charge < -0.3 is 5.32 Å². The number of benzene rings is 2. The van der Waals surface area contributed by atoms with Crippen LogP contribution in [0.25, 0.3) is 0 Å². The normalized spacial score (nSPS) is 12.0. The predicted molar refractivity (Wildman–Crippen MR) is 80.1 cm³/mol. The zero-order chi connectivity index (χ0) is 14.7. The predicted octanol–water partition coefficient (Wildman–Crippen LogP) is 5.03. The van der Waals surface area contributed by atoms with Gasteiger partial charge >= 0.3 is 0 Å². The van der Waals surface area contributed by atoms with Crippen molar-refractivity contribution >= 4 is 34.8 Å². The third-order valence-corrected chi connectivity index (χ3v) is 3.28. The summed E-state index contributed by atoms with van der Waals surface area (Å²) in [6, 6.07) is 11.1. The van der Waals surface area contributed by atoms with E-state index in [9.17, 15) is 9.18 Å². The molecule has 0 aliphatic rings. The molecule has 5 heteroatoms. The fourth-order valence-corrected chi connectivity index (χ4v) is 2.17. The number of rotatable bonds is 3. The van der Waals surface area contributed by atoms with E-state index in [1.807, 2.05) is 12.1 Å². The molecule has 1 amide bonds. The van der Waals surface area contributed by atoms with Crippen LogP contribution in [0.1, 0.15) is 28.2 Å². The van der Waals surface area contributed by atoms with Crippen molar-refractivity contribution in [1.82, 2.24) is 0 Å². The van der Waals surface area contributed by atoms with Crippen LogP contribution in [-0.2, 0) is 0 Å². The number of halogens is 3. The molecule has 0 bridgehead atoms. The summed E-state index contributed by atoms with van der Waals surface area (Å²) in [6.45, 7) is 1.80. The van der Waals surface area contributed by atoms with Crippen molar-refractivity contribution in [2.45, 2.75) is 12.3 Å². The number of alkyl halides is 1. The van der Waals surface area contributed by atoms with E-state index in [1.54, 1.807) is 19.1 Å². The van der Waals surface area contributed by atoms with E-state index >= 15 is 0 Å². The minimum absolute atomic E-state index is 0.0635. The van der Waals surface area contributed by atoms with Gasteiger partial charge in [0.05, 0.1) is 10.9 Å². The maximum absolute atomic E-state index is 13.7. The van der Waals surface area contributed by atoms with Crippen molar-refractivity contribution < 1.29 is 9.18 Å². The van der Waals surface area contributed by atoms with Gasteiger partial charge in [-0.15, -0.1) is 11.6 Å². The third-order valence-electron chi connectivity index (χ3n) is 2.81. The number of carbonyl (C=O) groups excluding carboxylic acids is 1. The lowest BCUT2D eigenvalue weighted by Crippen LogP contribution is -2.15. The van der Waals surface area contributed by atoms with Crippen LogP contribution in [0.15, 0.2) is 42.5 Å². The first-order valence-electron chi connectivity index (χ1n) is 5.98. The second-order valence-electron chi connectivity index (χ2n) is 4.28. The fourth-order valence-electron chi connectivity index (χ4n) is 1.82. The van der Waals surface area contributed by atoms with Gasteiger partial charge in [-0.25, -0.2) is 4.39 Å². The molecule has 1 N–H and O–H groups in total. The van der Waals surface area contributed by atoms with Crippen molar-refractivity contribution in [1.29, 1.82) is 0 Å². The largest absolute Gasteiger partial charge is 0.322 e. The van der Waals surface area contributed by atoms with Gasteiger partial charge in [0.15, 0.2) is 0 Å². The number of carbonyl (C=O) groups is 1. The van der Waals surface area contributed by atoms with Gasteiger partial charge in [0.25, 0.3) is 5.91 Å². The summed E-state index contributed by atoms with van der Waals surface area (Å²) in [7, 11) is 0. The topological polar surface area (TPSA) is 29.1 Å². The quantitative estimate of drug-likeness (QED) is 0.791. The molecule has 0 aliphatic carbocycles. The van der Waals surface area contributed by atoms with Crippen molar-refractivity contribution in [2.24, 2.45) is 0 Å². The Bertz CT molecular complexity index is 644. The summed E-state index contributed by atoms with van der Waals surface area (Å²) in [6.07, 6.45) is 0. The van der Waals surface area contributed by atoms with Crippen molar-refractivity contribution in [3.63, 3.8) is 0 Å². The van der Waals surface area contributed by atoms with Crippen LogP contribution >= 0.6 is 23.2 Å². The zero-order valence-electron chi connectivity index (χ0n) is 10.7. The van der Waals surface area contributed by atoms with E-state index in [0.29, 0.717) is 5.69 Å². The maximum atomic E-state index is 13.7. The molecular formula is C15H12Cl2FNO. The highest BCUT2D eigenvalue weighted by Gasteiger charge is 2.15. The van der Waals surface area contributed by atoms with Gasteiger partial charge in [-0.2, -0.15) is 0 Å². The van der Waals surface area contributed by atoms with Gasteiger partial charge in [-0.1, -0.05) is 29.8 Å². The lowest BCUT2D eigenvalue weighted by atomic mass is 10.1. The molecule has 0 radical (unpaired) electrons. The Morgan fingerprint density at radius 1 is 1.25 bits per heavy atom. The van der Waals surface area contributed by atoms with E-state index in [1.165, 1.54) is 12.1 Å². The van der Waals surface area contributed by atoms with Crippen LogP contribution in [0.4, 0.5) is 10.1 Å². The molecular weight excluding hydrogens is 300 g/mol. The summed E-state index contributed by atoms with van der Waals surface area (Å²) >= 11 is 11.7. The van der Waals surface area contributed by atoms with E-state index in [-0.39, 0.29) is 16.0 Å². The van der Waals surface area contributed by atoms with Gasteiger partial charge in [0, 0.05) is 10.7 Å². The molecule has 0 fully saturated rings. The molecule has 2 aromatic carbocycles. The Morgan fingerprint density at radius 3 is 2.60 bits per heavy atom. The second-order valence-corrected chi connectivity index (χ2v) is 5.37. The molecule has 0 saturated carbocycles. The maximum Gasteiger partial charge on any atom is 0.258 e. The highest BCUT2D eigenvalue weighted by atomic mass is 35.5. The lowest BCUT2D eigenvalue weighted by Gasteiger charge is -2.12. The number of amides is 1. The molecule has 2 aromatic rings. The van der Waals surface area contributed by atoms with Crippen molar-refractivity contribution in [2.75, 3.05) is 5.32 Å². The van der Waals surface area contributed by atoms with Crippen LogP contribution in [-0.4, -0.2) is 5.91 Å². The highest BCUT2D eigenvalue weighted by molar-refractivity contribution is 6.30. The minimum atomic E-state index is -0.661. The molecule has 104 valence electrons. The van der Waals surface area contributed by atoms with E-state index < -0.39 is 11.7 Å². The third kappa shape index (κ3) is 3.30. The average molecular weight is 312 g/mol. The molecule has 0 aromatic heterocycles. The molecule has 1 unspecified atom stereocenters. The van der Waals surface area contributed by atoms with Gasteiger partial charge in [-0.3, -0.25) is 4.79 Å². The standard InChI is InChI=1S/C15H12Cl2FNO/c1-9(16)11-4-2-3-5-14(11)19-15(20)12-7-6-10(17)8-13(12)18/h2-9H,1H3,(H,19,20). The molecule has 20 heavy (non-hydrogen) atoms. The Balaban J connectivity index is 2.28. The summed E-state index contributed by atoms with van der Waals surface area (Å²) in [5.74, 6) is -1.20. The van der Waals surface area contributed by atoms with Crippen LogP contribution in [0.5, 0.6) is 0 Å². The van der Waals surface area contributed by atoms with E-state index in [0.717, 1.165) is 11.6 Å². The Morgan fingerprint density at radius 2 is 1.95 bits per heavy atom. The Labute approximate surface area is 126 Å². The van der Waals surface area contributed by atoms with Gasteiger partial charge in [-0.05, 0) is 36.8 Å². The molecule has 0 aliphatic heterocycles. The summed E-state index contributed by atoms with van der Waals surface area (Å²) in [4.78, 5) is 12.1. The lowest BCUT2D eigenvalue weighted by molar-refractivity contribution is 0.102. The van der Waals surface area contributed by atoms with Crippen LogP contribution < -0.4 is 5.32 Å². The van der Waals surface area contributed by atoms with Crippen LogP contribution in [0.2, 0.25) is 5.02 Å². The Hall–Kier alpha value is -1.58. The first-order valence-corrected chi connectivity index (χ1v) is 6.80. The average Bonchev–Trinajstić information content (AvgIpc) is 2.38. The molecule has 0 spiro atoms. The minimum Gasteiger partial charge on any atom is -0.322 e. The van der Waals surface area contributed by atoms with E-state index in [4.69, 9.17) is 23.2 Å². The molecule has 2 nitrogen and oxygen atoms in total. The van der Waals surface area contributed by atoms with Crippen LogP contribution in [0.3, 0.4) is 0 Å². The number of hydrogen-bond acceptors (Lipinski definition) is 1. The first kappa shape index (κ1) is 14.8. The zero-order valence-corrected chi connectivity index (χ0v) is 12.2. The summed E-state index contributed by atoms with van der Waals surface area (Å²) < 4.78 is 13.7. The van der Waals surface area contributed by atoms with Gasteiger partial charge in [0.2, 0.25) is 0 Å². The molecule has 1 atom stereocenters. The number of hydrogen-bond donors (Lipinski definition) is 1.